The van der Waals surface area contributed by atoms with Gasteiger partial charge in [0.05, 0.1) is 0 Å². The van der Waals surface area contributed by atoms with Crippen LogP contribution in [0.4, 0.5) is 17.1 Å². The van der Waals surface area contributed by atoms with Crippen molar-refractivity contribution in [2.45, 2.75) is 76.5 Å². The molecule has 14 rings (SSSR count). The molecule has 4 unspecified atom stereocenters. The topological polar surface area (TPSA) is 3.24 Å². The number of fused-ring (bicyclic) bond motifs is 15. The third-order valence-corrected chi connectivity index (χ3v) is 18.8. The van der Waals surface area contributed by atoms with Gasteiger partial charge in [0.1, 0.15) is 0 Å². The van der Waals surface area contributed by atoms with E-state index in [0.29, 0.717) is 17.8 Å². The van der Waals surface area contributed by atoms with Crippen molar-refractivity contribution in [3.63, 3.8) is 0 Å². The summed E-state index contributed by atoms with van der Waals surface area (Å²) < 4.78 is 0. The highest BCUT2D eigenvalue weighted by molar-refractivity contribution is 5.97. The first kappa shape index (κ1) is 36.1. The van der Waals surface area contributed by atoms with E-state index in [9.17, 15) is 0 Å². The molecule has 0 saturated heterocycles. The predicted molar refractivity (Wildman–Crippen MR) is 257 cm³/mol. The van der Waals surface area contributed by atoms with E-state index in [-0.39, 0.29) is 10.8 Å². The highest BCUT2D eigenvalue weighted by Gasteiger charge is 2.68. The summed E-state index contributed by atoms with van der Waals surface area (Å²) in [5, 5.41) is 2.58. The minimum absolute atomic E-state index is 0.0861. The lowest BCUT2D eigenvalue weighted by atomic mass is 9.34. The van der Waals surface area contributed by atoms with Crippen molar-refractivity contribution in [2.75, 3.05) is 4.90 Å². The van der Waals surface area contributed by atoms with Crippen LogP contribution in [0.3, 0.4) is 0 Å². The van der Waals surface area contributed by atoms with Gasteiger partial charge in [-0.1, -0.05) is 136 Å². The van der Waals surface area contributed by atoms with Crippen LogP contribution in [-0.4, -0.2) is 0 Å². The Morgan fingerprint density at radius 3 is 1.76 bits per heavy atom. The number of hydrogen-bond acceptors (Lipinski definition) is 1. The van der Waals surface area contributed by atoms with E-state index >= 15 is 0 Å². The van der Waals surface area contributed by atoms with Crippen LogP contribution in [0.1, 0.15) is 88.0 Å². The average molecular weight is 804 g/mol. The van der Waals surface area contributed by atoms with Gasteiger partial charge in [0.25, 0.3) is 0 Å². The minimum atomic E-state index is 0.0861. The Kier molecular flexibility index (Phi) is 7.48. The third-order valence-electron chi connectivity index (χ3n) is 18.8. The lowest BCUT2D eigenvalue weighted by molar-refractivity contribution is -0.168. The number of rotatable bonds is 4. The van der Waals surface area contributed by atoms with Gasteiger partial charge in [-0.15, -0.1) is 0 Å². The summed E-state index contributed by atoms with van der Waals surface area (Å²) in [6.07, 6.45) is 9.73. The number of hydrogen-bond donors (Lipinski definition) is 0. The van der Waals surface area contributed by atoms with Crippen molar-refractivity contribution in [3.8, 4) is 33.4 Å². The number of nitrogens with zero attached hydrogens (tertiary/aromatic N) is 1. The molecule has 0 heterocycles. The number of benzene rings is 7. The first-order chi connectivity index (χ1) is 30.4. The summed E-state index contributed by atoms with van der Waals surface area (Å²) in [7, 11) is 0. The van der Waals surface area contributed by atoms with Crippen molar-refractivity contribution in [1.82, 2.24) is 0 Å². The first-order valence-corrected chi connectivity index (χ1v) is 24.3. The summed E-state index contributed by atoms with van der Waals surface area (Å²) in [4.78, 5) is 2.59. The Morgan fingerprint density at radius 1 is 0.435 bits per heavy atom. The standard InChI is InChI=1S/C61H57N/c1-36-27-39-29-37(2)60(44(28-36)31-39)54-17-8-6-14-50(54)52-34-46(23-25-56(52)60)62(45-21-19-41(20-22-45)49-16-10-12-40-11-4-5-13-48(40)49)47-24-26-57-53(35-47)51-15-7-9-18-55(51)61(57)38(3)30-42-32-43-33-58(61)59(42)43/h4-26,34-39,42-44,58-59H,27-33H2,1-3H3/t36-,37+,38-,39?,42-,43?,44?,58-,59?,60-,61-/m1/s1. The summed E-state index contributed by atoms with van der Waals surface area (Å²) >= 11 is 0. The summed E-state index contributed by atoms with van der Waals surface area (Å²) in [5.41, 5.74) is 18.7. The normalized spacial score (nSPS) is 32.6. The van der Waals surface area contributed by atoms with Crippen LogP contribution in [-0.2, 0) is 10.8 Å². The molecule has 0 amide bonds. The van der Waals surface area contributed by atoms with Crippen molar-refractivity contribution >= 4 is 27.8 Å². The van der Waals surface area contributed by atoms with Crippen LogP contribution < -0.4 is 4.90 Å². The van der Waals surface area contributed by atoms with Crippen molar-refractivity contribution < 1.29 is 0 Å². The highest BCUT2D eigenvalue weighted by Crippen LogP contribution is 2.74. The molecule has 1 nitrogen and oxygen atoms in total. The summed E-state index contributed by atoms with van der Waals surface area (Å²) in [6.45, 7) is 7.72. The number of anilines is 3. The predicted octanol–water partition coefficient (Wildman–Crippen LogP) is 15.9. The van der Waals surface area contributed by atoms with Crippen LogP contribution in [0.5, 0.6) is 0 Å². The largest absolute Gasteiger partial charge is 0.310 e. The van der Waals surface area contributed by atoms with Gasteiger partial charge in [-0.3, -0.25) is 0 Å². The molecule has 0 aromatic heterocycles. The average Bonchev–Trinajstić information content (AvgIpc) is 3.74. The molecule has 2 bridgehead atoms. The van der Waals surface area contributed by atoms with Gasteiger partial charge in [0.15, 0.2) is 0 Å². The Balaban J connectivity index is 0.950. The molecule has 5 saturated carbocycles. The third kappa shape index (κ3) is 4.55. The zero-order chi connectivity index (χ0) is 41.1. The van der Waals surface area contributed by atoms with Crippen LogP contribution in [0, 0.1) is 53.3 Å². The second-order valence-electron chi connectivity index (χ2n) is 21.5. The van der Waals surface area contributed by atoms with E-state index in [1.54, 1.807) is 22.3 Å². The van der Waals surface area contributed by atoms with Crippen LogP contribution in [0.2, 0.25) is 0 Å². The molecule has 7 aromatic carbocycles. The maximum Gasteiger partial charge on any atom is 0.0468 e. The molecule has 5 fully saturated rings. The van der Waals surface area contributed by atoms with Gasteiger partial charge >= 0.3 is 0 Å². The molecule has 7 aromatic rings. The van der Waals surface area contributed by atoms with Crippen molar-refractivity contribution in [3.05, 3.63) is 174 Å². The molecule has 0 radical (unpaired) electrons. The van der Waals surface area contributed by atoms with Crippen LogP contribution in [0.15, 0.2) is 152 Å². The monoisotopic (exact) mass is 803 g/mol. The fourth-order valence-electron chi connectivity index (χ4n) is 16.8. The second kappa shape index (κ2) is 12.8. The molecular formula is C61H57N. The van der Waals surface area contributed by atoms with Crippen molar-refractivity contribution in [1.29, 1.82) is 0 Å². The SMILES string of the molecule is C[C@@H]1CC2CC(C1)[C@@]1(c3ccccc3-c3cc(N(c4ccc(-c5cccc6ccccc56)cc4)c4ccc5c(c4)-c4ccccc4[C@]54[C@H](C)C[C@@H]5CC6C[C@@H]4C65)ccc31)[C@@H](C)C2. The molecule has 0 N–H and O–H groups in total. The van der Waals surface area contributed by atoms with E-state index in [0.717, 1.165) is 35.5 Å². The van der Waals surface area contributed by atoms with Gasteiger partial charge in [-0.05, 0) is 201 Å². The molecule has 7 aliphatic rings. The Labute approximate surface area is 368 Å². The van der Waals surface area contributed by atoms with Gasteiger partial charge < -0.3 is 4.90 Å². The Hall–Kier alpha value is -5.40. The van der Waals surface area contributed by atoms with Gasteiger partial charge in [0, 0.05) is 27.9 Å². The Bertz CT molecular complexity index is 2960. The van der Waals surface area contributed by atoms with E-state index in [2.05, 4.69) is 177 Å². The van der Waals surface area contributed by atoms with E-state index in [1.165, 1.54) is 106 Å². The molecule has 62 heavy (non-hydrogen) atoms. The van der Waals surface area contributed by atoms with Crippen molar-refractivity contribution in [2.24, 2.45) is 53.3 Å². The van der Waals surface area contributed by atoms with Crippen LogP contribution in [0.25, 0.3) is 44.2 Å². The maximum absolute atomic E-state index is 2.60. The zero-order valence-electron chi connectivity index (χ0n) is 36.5. The molecule has 0 aliphatic heterocycles. The van der Waals surface area contributed by atoms with Gasteiger partial charge in [0.2, 0.25) is 0 Å². The second-order valence-corrected chi connectivity index (χ2v) is 21.5. The quantitative estimate of drug-likeness (QED) is 0.171. The fraction of sp³-hybridized carbons (Fsp3) is 0.344. The van der Waals surface area contributed by atoms with E-state index < -0.39 is 0 Å². The molecule has 7 aliphatic carbocycles. The lowest BCUT2D eigenvalue weighted by Crippen LogP contribution is -2.64. The van der Waals surface area contributed by atoms with Gasteiger partial charge in [-0.25, -0.2) is 0 Å². The molecule has 11 atom stereocenters. The molecular weight excluding hydrogens is 747 g/mol. The maximum atomic E-state index is 2.60. The van der Waals surface area contributed by atoms with Gasteiger partial charge in [-0.2, -0.15) is 0 Å². The summed E-state index contributed by atoms with van der Waals surface area (Å²) in [5.74, 6) is 7.25. The Morgan fingerprint density at radius 2 is 1.02 bits per heavy atom. The fourth-order valence-corrected chi connectivity index (χ4v) is 16.8. The van der Waals surface area contributed by atoms with E-state index in [1.807, 2.05) is 0 Å². The lowest BCUT2D eigenvalue weighted by Gasteiger charge is -2.69. The molecule has 1 heteroatoms. The minimum Gasteiger partial charge on any atom is -0.310 e. The molecule has 2 spiro atoms. The first-order valence-electron chi connectivity index (χ1n) is 24.3. The highest BCUT2D eigenvalue weighted by atomic mass is 15.1. The summed E-state index contributed by atoms with van der Waals surface area (Å²) in [6, 6.07) is 59.4. The van der Waals surface area contributed by atoms with Crippen LogP contribution >= 0.6 is 0 Å². The molecule has 306 valence electrons. The smallest absolute Gasteiger partial charge is 0.0468 e. The van der Waals surface area contributed by atoms with E-state index in [4.69, 9.17) is 0 Å². The zero-order valence-corrected chi connectivity index (χ0v) is 36.5.